The number of aromatic nitrogens is 6. The van der Waals surface area contributed by atoms with Gasteiger partial charge in [0, 0.05) is 37.2 Å². The zero-order valence-electron chi connectivity index (χ0n) is 27.8. The normalized spacial score (nSPS) is 26.1. The van der Waals surface area contributed by atoms with Gasteiger partial charge in [0.25, 0.3) is 5.56 Å². The Kier molecular flexibility index (Phi) is 13.2. The minimum Gasteiger partial charge on any atom is -0.434 e. The van der Waals surface area contributed by atoms with Gasteiger partial charge in [0.15, 0.2) is 23.6 Å². The zero-order chi connectivity index (χ0) is 36.7. The number of ether oxygens (including phenoxy) is 6. The lowest BCUT2D eigenvalue weighted by Crippen LogP contribution is -2.41. The molecule has 0 bridgehead atoms. The van der Waals surface area contributed by atoms with Crippen molar-refractivity contribution < 1.29 is 57.0 Å². The van der Waals surface area contributed by atoms with Crippen molar-refractivity contribution in [2.45, 2.75) is 63.2 Å². The predicted molar refractivity (Wildman–Crippen MR) is 176 cm³/mol. The molecule has 51 heavy (non-hydrogen) atoms. The van der Waals surface area contributed by atoms with E-state index >= 15 is 0 Å². The van der Waals surface area contributed by atoms with Crippen molar-refractivity contribution in [3.8, 4) is 0 Å². The summed E-state index contributed by atoms with van der Waals surface area (Å²) < 4.78 is 62.0. The highest BCUT2D eigenvalue weighted by atomic mass is 32.7. The first kappa shape index (κ1) is 38.8. The zero-order valence-corrected chi connectivity index (χ0v) is 29.6. The van der Waals surface area contributed by atoms with Crippen LogP contribution >= 0.6 is 18.2 Å². The molecule has 2 aliphatic heterocycles. The van der Waals surface area contributed by atoms with Gasteiger partial charge in [0.1, 0.15) is 42.5 Å². The molecule has 5 rings (SSSR count). The number of nitrogens with zero attached hydrogens (tertiary/aromatic N) is 5. The maximum absolute atomic E-state index is 14.5. The molecule has 282 valence electrons. The summed E-state index contributed by atoms with van der Waals surface area (Å²) in [5.74, 6) is -0.357. The molecule has 0 saturated carbocycles. The van der Waals surface area contributed by atoms with Crippen LogP contribution in [0.4, 0.5) is 10.6 Å². The third kappa shape index (κ3) is 9.52. The van der Waals surface area contributed by atoms with E-state index in [1.165, 1.54) is 26.0 Å². The molecule has 5 N–H and O–H groups in total. The number of H-pyrrole nitrogens is 1. The van der Waals surface area contributed by atoms with E-state index in [0.717, 1.165) is 10.6 Å². The van der Waals surface area contributed by atoms with Crippen LogP contribution < -0.4 is 17.0 Å². The summed E-state index contributed by atoms with van der Waals surface area (Å²) >= 11 is 0.476. The molecule has 0 radical (unpaired) electrons. The predicted octanol–water partition coefficient (Wildman–Crippen LogP) is 0.538. The average Bonchev–Trinajstić information content (AvgIpc) is 3.78. The lowest BCUT2D eigenvalue weighted by atomic mass is 10.1. The standard InChI is InChI=1S/C28H40N7O14PS/c1-15(2)10-44-28(40)45-14-51-50(41,46-11-18-16(37)8-20(47-18)35-13-32-21-24(29)30-12-31-25(21)35)49-22-17(9-36)48-26(23(22)43-7-6-42-3)34-5-4-19(38)33-27(34)39/h4-5,12-13,15-18,20,22-23,26,36-37H,6-11,14H2,1-3H3,(H2,29,30,31)(H,33,38,39)/t16-,17+,18?,20+,22+,23+,26+,50+/m0/s1. The van der Waals surface area contributed by atoms with Crippen molar-refractivity contribution in [1.29, 1.82) is 0 Å². The summed E-state index contributed by atoms with van der Waals surface area (Å²) in [7, 11) is 1.44. The number of nitrogens with two attached hydrogens (primary N) is 1. The molecule has 2 aliphatic rings. The number of aliphatic hydroxyl groups excluding tert-OH is 2. The van der Waals surface area contributed by atoms with Crippen LogP contribution in [0.15, 0.2) is 34.5 Å². The van der Waals surface area contributed by atoms with Gasteiger partial charge in [-0.1, -0.05) is 13.8 Å². The van der Waals surface area contributed by atoms with E-state index < -0.39 is 86.3 Å². The van der Waals surface area contributed by atoms with E-state index in [9.17, 15) is 29.2 Å². The second-order valence-electron chi connectivity index (χ2n) is 11.8. The number of nitrogens with one attached hydrogen (secondary N) is 1. The summed E-state index contributed by atoms with van der Waals surface area (Å²) in [6.45, 7) is -1.77. The van der Waals surface area contributed by atoms with E-state index in [0.29, 0.717) is 22.5 Å². The van der Waals surface area contributed by atoms with Crippen molar-refractivity contribution in [2.75, 3.05) is 51.8 Å². The van der Waals surface area contributed by atoms with Crippen LogP contribution in [0.3, 0.4) is 0 Å². The van der Waals surface area contributed by atoms with Crippen LogP contribution in [-0.4, -0.2) is 122 Å². The molecule has 0 aliphatic carbocycles. The number of fused-ring (bicyclic) bond motifs is 1. The molecule has 0 aromatic carbocycles. The average molecular weight is 762 g/mol. The Morgan fingerprint density at radius 3 is 2.69 bits per heavy atom. The molecule has 2 saturated heterocycles. The van der Waals surface area contributed by atoms with E-state index in [1.54, 1.807) is 4.57 Å². The molecule has 21 nitrogen and oxygen atoms in total. The van der Waals surface area contributed by atoms with Gasteiger partial charge in [-0.3, -0.25) is 28.0 Å². The Balaban J connectivity index is 1.36. The van der Waals surface area contributed by atoms with Gasteiger partial charge in [-0.25, -0.2) is 29.1 Å². The summed E-state index contributed by atoms with van der Waals surface area (Å²) in [5, 5.41) is 21.2. The molecule has 3 aromatic rings. The van der Waals surface area contributed by atoms with Crippen molar-refractivity contribution in [3.05, 3.63) is 45.8 Å². The molecule has 3 aromatic heterocycles. The minimum absolute atomic E-state index is 0.0328. The van der Waals surface area contributed by atoms with Crippen LogP contribution in [0.5, 0.6) is 0 Å². The molecular formula is C28H40N7O14PS. The SMILES string of the molecule is COCCO[C@@H]1[C@H](O[P@@](=O)(OCC2O[C@@H](n3cnc4c(N)ncnc43)C[C@@H]2O)SCOC(=O)OCC(C)C)[C@@H](CO)O[C@H]1n1ccc(=O)[nH]c1=O. The third-order valence-corrected chi connectivity index (χ3v) is 11.0. The Labute approximate surface area is 293 Å². The molecule has 0 amide bonds. The van der Waals surface area contributed by atoms with Gasteiger partial charge in [-0.05, 0) is 5.92 Å². The quantitative estimate of drug-likeness (QED) is 0.0632. The number of hydrogen-bond acceptors (Lipinski definition) is 19. The van der Waals surface area contributed by atoms with Crippen molar-refractivity contribution in [1.82, 2.24) is 29.1 Å². The fourth-order valence-corrected chi connectivity index (χ4v) is 8.01. The number of aromatic amines is 1. The first-order valence-corrected chi connectivity index (χ1v) is 18.9. The number of rotatable bonds is 17. The number of imidazole rings is 1. The monoisotopic (exact) mass is 761 g/mol. The van der Waals surface area contributed by atoms with E-state index in [2.05, 4.69) is 19.9 Å². The molecular weight excluding hydrogens is 721 g/mol. The van der Waals surface area contributed by atoms with Gasteiger partial charge in [-0.2, -0.15) is 0 Å². The molecule has 23 heteroatoms. The lowest BCUT2D eigenvalue weighted by Gasteiger charge is -2.28. The summed E-state index contributed by atoms with van der Waals surface area (Å²) in [6, 6.07) is 1.09. The van der Waals surface area contributed by atoms with Gasteiger partial charge in [-0.15, -0.1) is 0 Å². The minimum atomic E-state index is -4.44. The molecule has 2 fully saturated rings. The topological polar surface area (TPSA) is 273 Å². The van der Waals surface area contributed by atoms with E-state index in [1.807, 2.05) is 13.8 Å². The van der Waals surface area contributed by atoms with Gasteiger partial charge < -0.3 is 44.4 Å². The maximum atomic E-state index is 14.5. The Bertz CT molecular complexity index is 1790. The van der Waals surface area contributed by atoms with Crippen LogP contribution in [0.25, 0.3) is 11.2 Å². The Hall–Kier alpha value is -3.44. The van der Waals surface area contributed by atoms with Crippen molar-refractivity contribution >= 4 is 41.3 Å². The molecule has 8 atom stereocenters. The number of carbonyl (C=O) groups excluding carboxylic acids is 1. The van der Waals surface area contributed by atoms with Crippen LogP contribution in [0, 0.1) is 5.92 Å². The van der Waals surface area contributed by atoms with E-state index in [4.69, 9.17) is 43.2 Å². The first-order valence-electron chi connectivity index (χ1n) is 15.7. The molecule has 0 spiro atoms. The number of carbonyl (C=O) groups is 1. The number of nitrogen functional groups attached to an aromatic ring is 1. The third-order valence-electron chi connectivity index (χ3n) is 7.66. The van der Waals surface area contributed by atoms with Crippen molar-refractivity contribution in [2.24, 2.45) is 5.92 Å². The second kappa shape index (κ2) is 17.4. The van der Waals surface area contributed by atoms with Gasteiger partial charge in [0.05, 0.1) is 45.5 Å². The summed E-state index contributed by atoms with van der Waals surface area (Å²) in [4.78, 5) is 51.1. The highest BCUT2D eigenvalue weighted by Gasteiger charge is 2.51. The smallest absolute Gasteiger partial charge is 0.434 e. The Morgan fingerprint density at radius 2 is 1.96 bits per heavy atom. The molecule has 1 unspecified atom stereocenters. The highest BCUT2D eigenvalue weighted by Crippen LogP contribution is 2.63. The fraction of sp³-hybridized carbons (Fsp3) is 0.643. The number of anilines is 1. The maximum Gasteiger partial charge on any atom is 0.509 e. The van der Waals surface area contributed by atoms with Gasteiger partial charge in [0.2, 0.25) is 0 Å². The lowest BCUT2D eigenvalue weighted by molar-refractivity contribution is -0.0814. The summed E-state index contributed by atoms with van der Waals surface area (Å²) in [5.41, 5.74) is 5.12. The largest absolute Gasteiger partial charge is 0.509 e. The Morgan fingerprint density at radius 1 is 1.16 bits per heavy atom. The first-order chi connectivity index (χ1) is 24.4. The number of methoxy groups -OCH3 is 1. The molecule has 5 heterocycles. The highest BCUT2D eigenvalue weighted by molar-refractivity contribution is 8.55. The van der Waals surface area contributed by atoms with Crippen LogP contribution in [0.1, 0.15) is 32.7 Å². The van der Waals surface area contributed by atoms with Crippen LogP contribution in [-0.2, 0) is 42.0 Å². The number of hydrogen-bond donors (Lipinski definition) is 4. The fourth-order valence-electron chi connectivity index (χ4n) is 5.22. The van der Waals surface area contributed by atoms with Crippen molar-refractivity contribution in [3.63, 3.8) is 0 Å². The summed E-state index contributed by atoms with van der Waals surface area (Å²) in [6.07, 6.45) is -4.99. The van der Waals surface area contributed by atoms with E-state index in [-0.39, 0.29) is 38.0 Å². The second-order valence-corrected chi connectivity index (χ2v) is 15.7. The van der Waals surface area contributed by atoms with Gasteiger partial charge >= 0.3 is 18.6 Å². The number of aliphatic hydroxyl groups is 2. The van der Waals surface area contributed by atoms with Crippen LogP contribution in [0.2, 0.25) is 0 Å².